The Labute approximate surface area is 128 Å². The molecule has 2 aromatic rings. The van der Waals surface area contributed by atoms with Gasteiger partial charge in [-0.05, 0) is 38.4 Å². The van der Waals surface area contributed by atoms with Gasteiger partial charge in [0.25, 0.3) is 0 Å². The maximum absolute atomic E-state index is 13.4. The Bertz CT molecular complexity index is 698. The van der Waals surface area contributed by atoms with Crippen molar-refractivity contribution in [1.82, 2.24) is 14.5 Å². The molecule has 0 radical (unpaired) electrons. The maximum atomic E-state index is 13.4. The number of hydrogen-bond donors (Lipinski definition) is 0. The van der Waals surface area contributed by atoms with Gasteiger partial charge in [-0.2, -0.15) is 0 Å². The van der Waals surface area contributed by atoms with E-state index in [0.717, 1.165) is 37.3 Å². The minimum Gasteiger partial charge on any atom is -0.468 e. The Morgan fingerprint density at radius 3 is 3.05 bits per heavy atom. The van der Waals surface area contributed by atoms with Crippen LogP contribution < -0.4 is 0 Å². The van der Waals surface area contributed by atoms with Crippen LogP contribution in [-0.4, -0.2) is 40.1 Å². The minimum absolute atomic E-state index is 0.192. The smallest absolute Gasteiger partial charge is 0.323 e. The molecule has 1 saturated heterocycles. The van der Waals surface area contributed by atoms with E-state index in [9.17, 15) is 9.18 Å². The Hall–Kier alpha value is -1.95. The SMILES string of the molecule is CCn1c(CN2CCCC2C(=O)OC)nc2cc(F)ccc21. The number of esters is 1. The summed E-state index contributed by atoms with van der Waals surface area (Å²) in [6.45, 7) is 4.22. The zero-order chi connectivity index (χ0) is 15.7. The molecule has 2 heterocycles. The van der Waals surface area contributed by atoms with Crippen molar-refractivity contribution >= 4 is 17.0 Å². The average Bonchev–Trinajstić information content (AvgIpc) is 3.10. The van der Waals surface area contributed by atoms with E-state index < -0.39 is 0 Å². The van der Waals surface area contributed by atoms with Gasteiger partial charge < -0.3 is 9.30 Å². The number of carbonyl (C=O) groups is 1. The molecule has 5 nitrogen and oxygen atoms in total. The number of likely N-dealkylation sites (tertiary alicyclic amines) is 1. The molecular weight excluding hydrogens is 285 g/mol. The van der Waals surface area contributed by atoms with Crippen LogP contribution in [0.15, 0.2) is 18.2 Å². The lowest BCUT2D eigenvalue weighted by Crippen LogP contribution is -2.37. The summed E-state index contributed by atoms with van der Waals surface area (Å²) < 4.78 is 20.3. The summed E-state index contributed by atoms with van der Waals surface area (Å²) in [5.74, 6) is 0.384. The van der Waals surface area contributed by atoms with E-state index in [4.69, 9.17) is 4.74 Å². The average molecular weight is 305 g/mol. The van der Waals surface area contributed by atoms with Crippen molar-refractivity contribution in [1.29, 1.82) is 0 Å². The number of methoxy groups -OCH3 is 1. The van der Waals surface area contributed by atoms with E-state index in [2.05, 4.69) is 14.5 Å². The molecule has 1 atom stereocenters. The molecule has 1 aliphatic rings. The first kappa shape index (κ1) is 15.0. The van der Waals surface area contributed by atoms with E-state index in [1.54, 1.807) is 6.07 Å². The van der Waals surface area contributed by atoms with Crippen LogP contribution in [0.25, 0.3) is 11.0 Å². The van der Waals surface area contributed by atoms with E-state index in [-0.39, 0.29) is 17.8 Å². The number of aromatic nitrogens is 2. The predicted molar refractivity (Wildman–Crippen MR) is 80.8 cm³/mol. The van der Waals surface area contributed by atoms with Crippen LogP contribution in [0.5, 0.6) is 0 Å². The molecule has 1 aromatic carbocycles. The normalized spacial score (nSPS) is 19.0. The van der Waals surface area contributed by atoms with Crippen LogP contribution in [0, 0.1) is 5.82 Å². The molecule has 0 aliphatic carbocycles. The van der Waals surface area contributed by atoms with Crippen molar-refractivity contribution in [3.63, 3.8) is 0 Å². The third kappa shape index (κ3) is 2.59. The second-order valence-electron chi connectivity index (χ2n) is 5.56. The molecule has 1 aliphatic heterocycles. The monoisotopic (exact) mass is 305 g/mol. The third-order valence-corrected chi connectivity index (χ3v) is 4.29. The molecule has 0 saturated carbocycles. The number of fused-ring (bicyclic) bond motifs is 1. The van der Waals surface area contributed by atoms with Gasteiger partial charge in [-0.3, -0.25) is 9.69 Å². The number of rotatable bonds is 4. The first-order valence-corrected chi connectivity index (χ1v) is 7.60. The van der Waals surface area contributed by atoms with Crippen molar-refractivity contribution in [3.05, 3.63) is 29.8 Å². The van der Waals surface area contributed by atoms with Crippen LogP contribution in [0.1, 0.15) is 25.6 Å². The summed E-state index contributed by atoms with van der Waals surface area (Å²) in [6, 6.07) is 4.46. The van der Waals surface area contributed by atoms with Gasteiger partial charge in [-0.25, -0.2) is 9.37 Å². The number of nitrogens with zero attached hydrogens (tertiary/aromatic N) is 3. The van der Waals surface area contributed by atoms with Crippen LogP contribution in [0.4, 0.5) is 4.39 Å². The van der Waals surface area contributed by atoms with Crippen molar-refractivity contribution < 1.29 is 13.9 Å². The number of imidazole rings is 1. The first-order chi connectivity index (χ1) is 10.6. The second kappa shape index (κ2) is 6.04. The van der Waals surface area contributed by atoms with Gasteiger partial charge in [0.15, 0.2) is 0 Å². The van der Waals surface area contributed by atoms with Gasteiger partial charge in [0, 0.05) is 12.6 Å². The predicted octanol–water partition coefficient (Wildman–Crippen LogP) is 2.33. The fraction of sp³-hybridized carbons (Fsp3) is 0.500. The molecule has 1 fully saturated rings. The van der Waals surface area contributed by atoms with Crippen molar-refractivity contribution in [2.24, 2.45) is 0 Å². The first-order valence-electron chi connectivity index (χ1n) is 7.60. The second-order valence-corrected chi connectivity index (χ2v) is 5.56. The highest BCUT2D eigenvalue weighted by atomic mass is 19.1. The van der Waals surface area contributed by atoms with E-state index >= 15 is 0 Å². The zero-order valence-electron chi connectivity index (χ0n) is 12.9. The number of hydrogen-bond acceptors (Lipinski definition) is 4. The third-order valence-electron chi connectivity index (χ3n) is 4.29. The van der Waals surface area contributed by atoms with Gasteiger partial charge in [0.1, 0.15) is 17.7 Å². The number of aryl methyl sites for hydroxylation is 1. The molecule has 0 amide bonds. The van der Waals surface area contributed by atoms with Crippen molar-refractivity contribution in [2.45, 2.75) is 38.9 Å². The largest absolute Gasteiger partial charge is 0.468 e. The summed E-state index contributed by atoms with van der Waals surface area (Å²) in [7, 11) is 1.42. The standard InChI is InChI=1S/C16H20FN3O2/c1-3-20-13-7-6-11(17)9-12(13)18-15(20)10-19-8-4-5-14(19)16(21)22-2/h6-7,9,14H,3-5,8,10H2,1-2H3. The van der Waals surface area contributed by atoms with Crippen LogP contribution >= 0.6 is 0 Å². The maximum Gasteiger partial charge on any atom is 0.323 e. The molecule has 1 aromatic heterocycles. The molecule has 0 spiro atoms. The fourth-order valence-corrected chi connectivity index (χ4v) is 3.23. The molecule has 6 heteroatoms. The lowest BCUT2D eigenvalue weighted by molar-refractivity contribution is -0.146. The number of carbonyl (C=O) groups excluding carboxylic acids is 1. The van der Waals surface area contributed by atoms with Crippen LogP contribution in [0.2, 0.25) is 0 Å². The lowest BCUT2D eigenvalue weighted by atomic mass is 10.2. The summed E-state index contributed by atoms with van der Waals surface area (Å²) in [5.41, 5.74) is 1.58. The van der Waals surface area contributed by atoms with E-state index in [1.165, 1.54) is 19.2 Å². The summed E-state index contributed by atoms with van der Waals surface area (Å²) >= 11 is 0. The highest BCUT2D eigenvalue weighted by Crippen LogP contribution is 2.23. The molecule has 0 bridgehead atoms. The Morgan fingerprint density at radius 2 is 2.32 bits per heavy atom. The fourth-order valence-electron chi connectivity index (χ4n) is 3.23. The summed E-state index contributed by atoms with van der Waals surface area (Å²) in [6.07, 6.45) is 1.79. The molecule has 0 N–H and O–H groups in total. The minimum atomic E-state index is -0.284. The van der Waals surface area contributed by atoms with Crippen molar-refractivity contribution in [2.75, 3.05) is 13.7 Å². The topological polar surface area (TPSA) is 47.4 Å². The van der Waals surface area contributed by atoms with Gasteiger partial charge in [-0.15, -0.1) is 0 Å². The quantitative estimate of drug-likeness (QED) is 0.814. The highest BCUT2D eigenvalue weighted by Gasteiger charge is 2.32. The van der Waals surface area contributed by atoms with Gasteiger partial charge >= 0.3 is 5.97 Å². The van der Waals surface area contributed by atoms with Crippen LogP contribution in [-0.2, 0) is 22.6 Å². The molecular formula is C16H20FN3O2. The number of halogens is 1. The molecule has 1 unspecified atom stereocenters. The zero-order valence-corrected chi connectivity index (χ0v) is 12.9. The van der Waals surface area contributed by atoms with Gasteiger partial charge in [0.05, 0.1) is 24.7 Å². The van der Waals surface area contributed by atoms with Gasteiger partial charge in [-0.1, -0.05) is 0 Å². The Kier molecular flexibility index (Phi) is 4.11. The van der Waals surface area contributed by atoms with Crippen molar-refractivity contribution in [3.8, 4) is 0 Å². The van der Waals surface area contributed by atoms with E-state index in [1.807, 2.05) is 6.92 Å². The van der Waals surface area contributed by atoms with Gasteiger partial charge in [0.2, 0.25) is 0 Å². The number of ether oxygens (including phenoxy) is 1. The highest BCUT2D eigenvalue weighted by molar-refractivity contribution is 5.77. The Morgan fingerprint density at radius 1 is 1.50 bits per heavy atom. The molecule has 118 valence electrons. The summed E-state index contributed by atoms with van der Waals surface area (Å²) in [4.78, 5) is 18.5. The summed E-state index contributed by atoms with van der Waals surface area (Å²) in [5, 5.41) is 0. The number of benzene rings is 1. The lowest BCUT2D eigenvalue weighted by Gasteiger charge is -2.22. The Balaban J connectivity index is 1.91. The molecule has 22 heavy (non-hydrogen) atoms. The molecule has 3 rings (SSSR count). The van der Waals surface area contributed by atoms with E-state index in [0.29, 0.717) is 12.1 Å². The van der Waals surface area contributed by atoms with Crippen LogP contribution in [0.3, 0.4) is 0 Å².